The largest absolute Gasteiger partial charge is 0.444 e. The zero-order chi connectivity index (χ0) is 83.8. The van der Waals surface area contributed by atoms with Crippen molar-refractivity contribution in [1.82, 2.24) is 79.8 Å². The van der Waals surface area contributed by atoms with Gasteiger partial charge in [0.05, 0.1) is 30.3 Å². The van der Waals surface area contributed by atoms with Gasteiger partial charge >= 0.3 is 30.5 Å². The molecule has 14 amide bonds. The Hall–Kier alpha value is -9.40. The molecule has 1 fully saturated rings. The number of alkyl carbamates (subject to hydrolysis) is 5. The van der Waals surface area contributed by atoms with E-state index in [-0.39, 0.29) is 64.2 Å². The first-order chi connectivity index (χ1) is 50.7. The van der Waals surface area contributed by atoms with Gasteiger partial charge in [0.1, 0.15) is 76.5 Å². The third-order valence-corrected chi connectivity index (χ3v) is 15.3. The van der Waals surface area contributed by atoms with Gasteiger partial charge in [0, 0.05) is 39.3 Å². The summed E-state index contributed by atoms with van der Waals surface area (Å²) in [4.78, 5) is 196. The fourth-order valence-corrected chi connectivity index (χ4v) is 10.2. The molecule has 1 aliphatic rings. The molecule has 0 aromatic heterocycles. The predicted molar refractivity (Wildman–Crippen MR) is 401 cm³/mol. The van der Waals surface area contributed by atoms with E-state index in [4.69, 9.17) is 29.4 Å². The number of carbonyl (C=O) groups is 14. The molecule has 0 radical (unpaired) electrons. The van der Waals surface area contributed by atoms with E-state index in [9.17, 15) is 68.1 Å². The molecule has 0 aliphatic carbocycles. The average Bonchev–Trinajstić information content (AvgIpc) is 0.958. The summed E-state index contributed by atoms with van der Waals surface area (Å²) in [5.74, 6) is -10.1. The predicted octanol–water partition coefficient (Wildman–Crippen LogP) is -0.387. The number of nitrogens with one attached hydrogen (secondary N) is 15. The molecule has 1 aromatic carbocycles. The molecule has 110 heavy (non-hydrogen) atoms. The number of nitrogens with two attached hydrogens (primary N) is 1. The monoisotopic (exact) mass is 1560 g/mol. The van der Waals surface area contributed by atoms with Crippen molar-refractivity contribution in [3.05, 3.63) is 35.9 Å². The minimum Gasteiger partial charge on any atom is -0.444 e. The zero-order valence-electron chi connectivity index (χ0n) is 67.0. The lowest BCUT2D eigenvalue weighted by Crippen LogP contribution is -2.62. The Morgan fingerprint density at radius 1 is 0.491 bits per heavy atom. The molecule has 2 rings (SSSR count). The highest BCUT2D eigenvalue weighted by Crippen LogP contribution is 2.16. The maximum absolute atomic E-state index is 15.3. The van der Waals surface area contributed by atoms with Crippen LogP contribution in [-0.2, 0) is 73.3 Å². The second-order valence-corrected chi connectivity index (χ2v) is 32.1. The highest BCUT2D eigenvalue weighted by atomic mass is 16.6. The van der Waals surface area contributed by atoms with Gasteiger partial charge in [-0.25, -0.2) is 24.0 Å². The van der Waals surface area contributed by atoms with Crippen molar-refractivity contribution in [3.8, 4) is 0 Å². The van der Waals surface area contributed by atoms with Crippen LogP contribution in [0.25, 0.3) is 0 Å². The third kappa shape index (κ3) is 40.9. The molecule has 1 unspecified atom stereocenters. The minimum absolute atomic E-state index is 0.0931. The normalized spacial score (nSPS) is 21.2. The number of amides is 14. The molecular weight excluding hydrogens is 1440 g/mol. The second kappa shape index (κ2) is 45.1. The third-order valence-electron chi connectivity index (χ3n) is 15.3. The van der Waals surface area contributed by atoms with Gasteiger partial charge in [0.2, 0.25) is 53.2 Å². The number of rotatable bonds is 27. The number of aliphatic hydroxyl groups excluding tert-OH is 3. The van der Waals surface area contributed by atoms with Crippen LogP contribution in [-0.4, -0.2) is 245 Å². The summed E-state index contributed by atoms with van der Waals surface area (Å²) >= 11 is 0. The highest BCUT2D eigenvalue weighted by Gasteiger charge is 2.39. The van der Waals surface area contributed by atoms with Crippen LogP contribution in [0.4, 0.5) is 24.0 Å². The molecule has 38 nitrogen and oxygen atoms in total. The zero-order valence-corrected chi connectivity index (χ0v) is 67.0. The maximum atomic E-state index is 15.3. The molecule has 20 N–H and O–H groups in total. The number of carbonyl (C=O) groups excluding carboxylic acids is 14. The molecule has 13 atom stereocenters. The van der Waals surface area contributed by atoms with Crippen LogP contribution >= 0.6 is 0 Å². The maximum Gasteiger partial charge on any atom is 0.407 e. The van der Waals surface area contributed by atoms with Crippen LogP contribution in [0.1, 0.15) is 182 Å². The van der Waals surface area contributed by atoms with Gasteiger partial charge in [-0.2, -0.15) is 0 Å². The Labute approximate surface area is 643 Å². The van der Waals surface area contributed by atoms with Crippen molar-refractivity contribution >= 4 is 83.6 Å². The summed E-state index contributed by atoms with van der Waals surface area (Å²) in [5, 5.41) is 72.8. The molecule has 1 aliphatic heterocycles. The van der Waals surface area contributed by atoms with E-state index in [1.165, 1.54) is 0 Å². The molecule has 0 spiro atoms. The van der Waals surface area contributed by atoms with Crippen molar-refractivity contribution in [3.63, 3.8) is 0 Å². The van der Waals surface area contributed by atoms with Crippen molar-refractivity contribution < 1.29 is 106 Å². The van der Waals surface area contributed by atoms with Crippen LogP contribution in [0, 0.1) is 5.92 Å². The van der Waals surface area contributed by atoms with Crippen molar-refractivity contribution in [2.75, 3.05) is 39.3 Å². The Kier molecular flexibility index (Phi) is 39.6. The number of hydrogen-bond acceptors (Lipinski definition) is 24. The van der Waals surface area contributed by atoms with Crippen LogP contribution in [0.5, 0.6) is 0 Å². The van der Waals surface area contributed by atoms with Gasteiger partial charge in [0.15, 0.2) is 0 Å². The molecule has 1 heterocycles. The van der Waals surface area contributed by atoms with Gasteiger partial charge in [0.25, 0.3) is 0 Å². The van der Waals surface area contributed by atoms with Crippen molar-refractivity contribution in [1.29, 1.82) is 0 Å². The van der Waals surface area contributed by atoms with Gasteiger partial charge in [-0.1, -0.05) is 44.2 Å². The van der Waals surface area contributed by atoms with E-state index in [0.717, 1.165) is 13.8 Å². The first-order valence-corrected chi connectivity index (χ1v) is 36.9. The fraction of sp³-hybridized carbons (Fsp3) is 0.722. The molecule has 1 aromatic rings. The lowest BCUT2D eigenvalue weighted by molar-refractivity contribution is -0.136. The van der Waals surface area contributed by atoms with Crippen LogP contribution < -0.4 is 85.5 Å². The quantitative estimate of drug-likeness (QED) is 0.0499. The lowest BCUT2D eigenvalue weighted by atomic mass is 10.00. The lowest BCUT2D eigenvalue weighted by Gasteiger charge is -2.32. The molecule has 0 saturated carbocycles. The standard InChI is InChI=1S/C72H124N16O22/c1-39(2)37-49-59(97)83-45(27-33-76-64(102)107-69(8,9)10)55(93)82-48(30-36-79-67(105)110-72(17,18)19)58(96)88-51(40(3)89)61(99)74-32-26-44(54(92)81-46(28-34-77-65(103)108-70(11,12)13)57(95)86-50(60(98)85-49)38-42-23-21-20-22-24-42)80-56(94)47(29-35-78-66(104)109-71(14,15)16)84-62(100)52(41(4)90)87-53(91)43(73)25-31-75-63(101)106-68(5,6)7/h20-24,39-41,43-52,57,86,89-90,95H,25-38,73H2,1-19H3,(H,74,99)(H,75,101)(H,76,102)(H,77,103)(H,78,104)(H,79,105)(H,80,94)(H,81,92)(H,82,93)(H,83,97)(H,84,100)(H,85,98)(H,87,91)(H,88,96)/t40-,41-,43+,44+,45+,46+,47+,48+,49+,50-,51+,52+,57?/m1/s1. The van der Waals surface area contributed by atoms with Gasteiger partial charge in [-0.05, 0) is 181 Å². The van der Waals surface area contributed by atoms with E-state index in [1.807, 2.05) is 0 Å². The SMILES string of the molecule is CC(C)C[C@@H]1NC(=O)[C@@H](Cc2ccccc2)NC(O)[C@H](CCNC(=O)OC(C)(C)C)NC(=O)[C@@H](NC(=O)[C@H](CCNC(=O)OC(C)(C)C)NC(=O)[C@@H](NC(=O)[C@@H](N)CCNC(=O)OC(C)(C)C)[C@@H](C)O)CCNC(=O)[C@H]([C@@H](C)O)NC(=O)[C@H](CCNC(=O)OC(C)(C)C)NC(=O)[C@H](CCNC(=O)OC(C)(C)C)NC1=O. The molecular formula is C72H124N16O22. The molecule has 0 bridgehead atoms. The van der Waals surface area contributed by atoms with E-state index < -0.39 is 223 Å². The first-order valence-electron chi connectivity index (χ1n) is 36.9. The average molecular weight is 1570 g/mol. The number of benzene rings is 1. The number of ether oxygens (including phenoxy) is 5. The van der Waals surface area contributed by atoms with Gasteiger partial charge in [-0.15, -0.1) is 0 Å². The van der Waals surface area contributed by atoms with E-state index in [0.29, 0.717) is 5.56 Å². The fourth-order valence-electron chi connectivity index (χ4n) is 10.2. The Balaban J connectivity index is 3.06. The second-order valence-electron chi connectivity index (χ2n) is 32.1. The van der Waals surface area contributed by atoms with Crippen LogP contribution in [0.15, 0.2) is 30.3 Å². The Bertz CT molecular complexity index is 3220. The number of aliphatic hydroxyl groups is 3. The first kappa shape index (κ1) is 96.7. The van der Waals surface area contributed by atoms with Crippen LogP contribution in [0.2, 0.25) is 0 Å². The van der Waals surface area contributed by atoms with E-state index >= 15 is 14.4 Å². The van der Waals surface area contributed by atoms with Gasteiger partial charge in [-0.3, -0.25) is 48.5 Å². The van der Waals surface area contributed by atoms with E-state index in [1.54, 1.807) is 148 Å². The van der Waals surface area contributed by atoms with Crippen molar-refractivity contribution in [2.45, 2.75) is 290 Å². The summed E-state index contributed by atoms with van der Waals surface area (Å²) in [6.45, 7) is 27.5. The van der Waals surface area contributed by atoms with Gasteiger partial charge < -0.3 is 119 Å². The molecule has 624 valence electrons. The highest BCUT2D eigenvalue weighted by molar-refractivity contribution is 5.97. The minimum atomic E-state index is -2.00. The molecule has 1 saturated heterocycles. The Morgan fingerprint density at radius 2 is 0.900 bits per heavy atom. The van der Waals surface area contributed by atoms with Crippen LogP contribution in [0.3, 0.4) is 0 Å². The topological polar surface area (TPSA) is 552 Å². The summed E-state index contributed by atoms with van der Waals surface area (Å²) in [6, 6.07) is -8.41. The summed E-state index contributed by atoms with van der Waals surface area (Å²) in [6.07, 6.45) is -12.8. The van der Waals surface area contributed by atoms with Crippen molar-refractivity contribution in [2.24, 2.45) is 11.7 Å². The Morgan fingerprint density at radius 3 is 1.34 bits per heavy atom. The summed E-state index contributed by atoms with van der Waals surface area (Å²) in [5.41, 5.74) is 1.85. The van der Waals surface area contributed by atoms with E-state index in [2.05, 4.69) is 79.8 Å². The summed E-state index contributed by atoms with van der Waals surface area (Å²) < 4.78 is 26.8. The summed E-state index contributed by atoms with van der Waals surface area (Å²) in [7, 11) is 0. The number of hydrogen-bond donors (Lipinski definition) is 19. The smallest absolute Gasteiger partial charge is 0.407 e. The molecule has 38 heteroatoms.